The Morgan fingerprint density at radius 1 is 1.10 bits per heavy atom. The van der Waals surface area contributed by atoms with Crippen LogP contribution in [0.4, 0.5) is 5.69 Å². The zero-order valence-electron chi connectivity index (χ0n) is 12.3. The maximum atomic E-state index is 10.9. The molecule has 0 bridgehead atoms. The summed E-state index contributed by atoms with van der Waals surface area (Å²) in [6, 6.07) is 15.2. The molecule has 2 rings (SSSR count). The van der Waals surface area contributed by atoms with Gasteiger partial charge in [-0.25, -0.2) is 0 Å². The first kappa shape index (κ1) is 14.9. The van der Waals surface area contributed by atoms with E-state index in [1.54, 1.807) is 12.1 Å². The molecule has 2 aromatic carbocycles. The molecule has 2 aromatic rings. The van der Waals surface area contributed by atoms with Gasteiger partial charge in [0.1, 0.15) is 12.0 Å². The van der Waals surface area contributed by atoms with Crippen molar-refractivity contribution in [2.45, 2.75) is 6.42 Å². The van der Waals surface area contributed by atoms with E-state index in [0.29, 0.717) is 12.0 Å². The summed E-state index contributed by atoms with van der Waals surface area (Å²) >= 11 is 0. The molecule has 1 N–H and O–H groups in total. The van der Waals surface area contributed by atoms with Gasteiger partial charge in [0.25, 0.3) is 0 Å². The first-order valence-electron chi connectivity index (χ1n) is 6.81. The van der Waals surface area contributed by atoms with E-state index in [1.165, 1.54) is 6.08 Å². The van der Waals surface area contributed by atoms with E-state index in [2.05, 4.69) is 0 Å². The molecule has 0 saturated heterocycles. The Kier molecular flexibility index (Phi) is 4.77. The van der Waals surface area contributed by atoms with Crippen LogP contribution in [-0.2, 0) is 11.2 Å². The summed E-state index contributed by atoms with van der Waals surface area (Å²) in [5.74, 6) is 0.190. The van der Waals surface area contributed by atoms with Gasteiger partial charge in [-0.05, 0) is 41.8 Å². The number of aldehydes is 1. The Bertz CT molecular complexity index is 643. The number of phenols is 1. The van der Waals surface area contributed by atoms with Gasteiger partial charge < -0.3 is 10.0 Å². The largest absolute Gasteiger partial charge is 0.507 e. The highest BCUT2D eigenvalue weighted by molar-refractivity contribution is 5.84. The Morgan fingerprint density at radius 3 is 2.33 bits per heavy atom. The maximum Gasteiger partial charge on any atom is 0.143 e. The number of allylic oxidation sites excluding steroid dienone is 2. The summed E-state index contributed by atoms with van der Waals surface area (Å²) in [4.78, 5) is 12.9. The second-order valence-electron chi connectivity index (χ2n) is 5.08. The predicted octanol–water partition coefficient (Wildman–Crippen LogP) is 3.28. The molecule has 0 amide bonds. The van der Waals surface area contributed by atoms with Gasteiger partial charge in [0.2, 0.25) is 0 Å². The summed E-state index contributed by atoms with van der Waals surface area (Å²) < 4.78 is 0. The third kappa shape index (κ3) is 3.72. The van der Waals surface area contributed by atoms with Crippen LogP contribution in [-0.4, -0.2) is 25.5 Å². The molecule has 21 heavy (non-hydrogen) atoms. The van der Waals surface area contributed by atoms with Gasteiger partial charge in [-0.3, -0.25) is 4.79 Å². The summed E-state index contributed by atoms with van der Waals surface area (Å²) in [5, 5.41) is 9.94. The van der Waals surface area contributed by atoms with Crippen LogP contribution >= 0.6 is 0 Å². The third-order valence-electron chi connectivity index (χ3n) is 3.37. The van der Waals surface area contributed by atoms with Crippen LogP contribution in [0.25, 0.3) is 5.57 Å². The van der Waals surface area contributed by atoms with Crippen molar-refractivity contribution in [3.05, 3.63) is 65.7 Å². The fourth-order valence-electron chi connectivity index (χ4n) is 2.20. The second kappa shape index (κ2) is 6.75. The molecule has 108 valence electrons. The van der Waals surface area contributed by atoms with Crippen molar-refractivity contribution in [1.82, 2.24) is 0 Å². The predicted molar refractivity (Wildman–Crippen MR) is 86.6 cm³/mol. The third-order valence-corrected chi connectivity index (χ3v) is 3.37. The molecule has 3 heteroatoms. The van der Waals surface area contributed by atoms with Crippen LogP contribution in [0.1, 0.15) is 11.1 Å². The molecule has 0 heterocycles. The van der Waals surface area contributed by atoms with Crippen LogP contribution in [0.5, 0.6) is 5.75 Å². The molecule has 0 saturated carbocycles. The van der Waals surface area contributed by atoms with E-state index in [-0.39, 0.29) is 5.75 Å². The maximum absolute atomic E-state index is 10.9. The summed E-state index contributed by atoms with van der Waals surface area (Å²) in [6.45, 7) is 0. The van der Waals surface area contributed by atoms with Gasteiger partial charge in [-0.1, -0.05) is 30.3 Å². The fraction of sp³-hybridized carbons (Fsp3) is 0.167. The SMILES string of the molecule is CN(C)c1ccc(CC(=CC=O)c2ccccc2O)cc1. The smallest absolute Gasteiger partial charge is 0.143 e. The molecule has 0 aromatic heterocycles. The van der Waals surface area contributed by atoms with Crippen molar-refractivity contribution < 1.29 is 9.90 Å². The van der Waals surface area contributed by atoms with Gasteiger partial charge in [-0.2, -0.15) is 0 Å². The molecular formula is C18H19NO2. The van der Waals surface area contributed by atoms with Gasteiger partial charge >= 0.3 is 0 Å². The quantitative estimate of drug-likeness (QED) is 0.675. The number of hydrogen-bond donors (Lipinski definition) is 1. The highest BCUT2D eigenvalue weighted by atomic mass is 16.3. The summed E-state index contributed by atoms with van der Waals surface area (Å²) in [7, 11) is 3.99. The number of aromatic hydroxyl groups is 1. The number of rotatable bonds is 5. The van der Waals surface area contributed by atoms with Crippen molar-refractivity contribution in [3.8, 4) is 5.75 Å². The van der Waals surface area contributed by atoms with E-state index in [9.17, 15) is 9.90 Å². The average molecular weight is 281 g/mol. The zero-order chi connectivity index (χ0) is 15.2. The minimum atomic E-state index is 0.190. The molecule has 0 aliphatic heterocycles. The molecular weight excluding hydrogens is 262 g/mol. The number of carbonyl (C=O) groups excluding carboxylic acids is 1. The number of carbonyl (C=O) groups is 1. The molecule has 3 nitrogen and oxygen atoms in total. The van der Waals surface area contributed by atoms with Gasteiger partial charge in [0, 0.05) is 25.3 Å². The Labute approximate surface area is 125 Å². The van der Waals surface area contributed by atoms with Crippen molar-refractivity contribution in [2.24, 2.45) is 0 Å². The minimum Gasteiger partial charge on any atom is -0.507 e. The second-order valence-corrected chi connectivity index (χ2v) is 5.08. The molecule has 0 aliphatic rings. The standard InChI is InChI=1S/C18H19NO2/c1-19(2)16-9-7-14(8-10-16)13-15(11-12-20)17-5-3-4-6-18(17)21/h3-12,21H,13H2,1-2H3. The van der Waals surface area contributed by atoms with Gasteiger partial charge in [-0.15, -0.1) is 0 Å². The van der Waals surface area contributed by atoms with Crippen molar-refractivity contribution in [1.29, 1.82) is 0 Å². The number of anilines is 1. The number of benzene rings is 2. The Morgan fingerprint density at radius 2 is 1.76 bits per heavy atom. The van der Waals surface area contributed by atoms with Crippen molar-refractivity contribution in [2.75, 3.05) is 19.0 Å². The molecule has 0 fully saturated rings. The highest BCUT2D eigenvalue weighted by Crippen LogP contribution is 2.27. The van der Waals surface area contributed by atoms with Crippen molar-refractivity contribution in [3.63, 3.8) is 0 Å². The van der Waals surface area contributed by atoms with E-state index >= 15 is 0 Å². The van der Waals surface area contributed by atoms with Crippen molar-refractivity contribution >= 4 is 17.5 Å². The summed E-state index contributed by atoms with van der Waals surface area (Å²) in [5.41, 5.74) is 3.72. The van der Waals surface area contributed by atoms with E-state index in [1.807, 2.05) is 55.4 Å². The number of nitrogens with zero attached hydrogens (tertiary/aromatic N) is 1. The lowest BCUT2D eigenvalue weighted by atomic mass is 9.97. The first-order valence-corrected chi connectivity index (χ1v) is 6.81. The first-order chi connectivity index (χ1) is 10.1. The van der Waals surface area contributed by atoms with E-state index in [4.69, 9.17) is 0 Å². The molecule has 0 aliphatic carbocycles. The molecule has 0 spiro atoms. The fourth-order valence-corrected chi connectivity index (χ4v) is 2.20. The minimum absolute atomic E-state index is 0.190. The Hall–Kier alpha value is -2.55. The normalized spacial score (nSPS) is 11.2. The Balaban J connectivity index is 2.27. The zero-order valence-corrected chi connectivity index (χ0v) is 12.3. The lowest BCUT2D eigenvalue weighted by Crippen LogP contribution is -2.08. The monoisotopic (exact) mass is 281 g/mol. The van der Waals surface area contributed by atoms with Gasteiger partial charge in [0.05, 0.1) is 0 Å². The molecule has 0 atom stereocenters. The number of hydrogen-bond acceptors (Lipinski definition) is 3. The number of para-hydroxylation sites is 1. The highest BCUT2D eigenvalue weighted by Gasteiger charge is 2.08. The van der Waals surface area contributed by atoms with Gasteiger partial charge in [0.15, 0.2) is 0 Å². The molecule has 0 unspecified atom stereocenters. The van der Waals surface area contributed by atoms with Crippen LogP contribution in [0.2, 0.25) is 0 Å². The van der Waals surface area contributed by atoms with Crippen LogP contribution in [0.3, 0.4) is 0 Å². The topological polar surface area (TPSA) is 40.5 Å². The summed E-state index contributed by atoms with van der Waals surface area (Å²) in [6.07, 6.45) is 2.87. The van der Waals surface area contributed by atoms with Crippen LogP contribution < -0.4 is 4.90 Å². The van der Waals surface area contributed by atoms with Crippen LogP contribution in [0.15, 0.2) is 54.6 Å². The average Bonchev–Trinajstić information content (AvgIpc) is 2.48. The molecule has 0 radical (unpaired) electrons. The number of phenolic OH excluding ortho intramolecular Hbond substituents is 1. The van der Waals surface area contributed by atoms with Crippen LogP contribution in [0, 0.1) is 0 Å². The lowest BCUT2D eigenvalue weighted by Gasteiger charge is -2.13. The van der Waals surface area contributed by atoms with E-state index in [0.717, 1.165) is 23.1 Å². The van der Waals surface area contributed by atoms with E-state index < -0.39 is 0 Å². The lowest BCUT2D eigenvalue weighted by molar-refractivity contribution is -0.104.